The highest BCUT2D eigenvalue weighted by Crippen LogP contribution is 2.09. The lowest BCUT2D eigenvalue weighted by Crippen LogP contribution is -2.42. The van der Waals surface area contributed by atoms with Crippen molar-refractivity contribution in [1.82, 2.24) is 10.3 Å². The van der Waals surface area contributed by atoms with Gasteiger partial charge in [-0.1, -0.05) is 0 Å². The third-order valence-corrected chi connectivity index (χ3v) is 2.20. The first kappa shape index (κ1) is 15.7. The Labute approximate surface area is 116 Å². The van der Waals surface area contributed by atoms with Crippen molar-refractivity contribution < 1.29 is 19.4 Å². The Morgan fingerprint density at radius 3 is 2.45 bits per heavy atom. The number of rotatable bonds is 3. The summed E-state index contributed by atoms with van der Waals surface area (Å²) < 4.78 is 5.11. The predicted octanol–water partition coefficient (Wildman–Crippen LogP) is 0.540. The number of aromatic amines is 1. The number of hydrogen-bond donors (Lipinski definition) is 3. The van der Waals surface area contributed by atoms with E-state index in [2.05, 4.69) is 10.3 Å². The van der Waals surface area contributed by atoms with Crippen LogP contribution in [0.4, 0.5) is 0 Å². The van der Waals surface area contributed by atoms with Crippen LogP contribution in [0.5, 0.6) is 5.88 Å². The third kappa shape index (κ3) is 4.75. The molecule has 110 valence electrons. The van der Waals surface area contributed by atoms with Gasteiger partial charge in [-0.2, -0.15) is 0 Å². The van der Waals surface area contributed by atoms with Gasteiger partial charge in [-0.15, -0.1) is 0 Å². The molecular weight excluding hydrogens is 264 g/mol. The van der Waals surface area contributed by atoms with Gasteiger partial charge in [-0.05, 0) is 27.7 Å². The first-order valence-electron chi connectivity index (χ1n) is 6.05. The van der Waals surface area contributed by atoms with Crippen LogP contribution in [-0.4, -0.2) is 33.6 Å². The first-order chi connectivity index (χ1) is 9.08. The summed E-state index contributed by atoms with van der Waals surface area (Å²) in [6.45, 7) is 6.62. The molecule has 0 saturated carbocycles. The van der Waals surface area contributed by atoms with Gasteiger partial charge in [0.2, 0.25) is 0 Å². The largest absolute Gasteiger partial charge is 0.494 e. The van der Waals surface area contributed by atoms with Gasteiger partial charge in [-0.25, -0.2) is 4.79 Å². The monoisotopic (exact) mass is 282 g/mol. The Kier molecular flexibility index (Phi) is 4.54. The number of aromatic hydroxyl groups is 1. The van der Waals surface area contributed by atoms with Crippen molar-refractivity contribution in [2.24, 2.45) is 0 Å². The molecule has 3 N–H and O–H groups in total. The molecule has 1 heterocycles. The molecule has 0 radical (unpaired) electrons. The van der Waals surface area contributed by atoms with Crippen LogP contribution < -0.4 is 10.9 Å². The minimum absolute atomic E-state index is 0.0401. The number of carbonyl (C=O) groups is 2. The SMILES string of the molecule is C[C@@H](NC(=O)c1cc(O)[nH]c(=O)c1)C(=O)OC(C)(C)C. The Morgan fingerprint density at radius 2 is 1.95 bits per heavy atom. The number of amides is 1. The summed E-state index contributed by atoms with van der Waals surface area (Å²) in [6, 6.07) is 1.25. The standard InChI is InChI=1S/C13H18N2O5/c1-7(12(19)20-13(2,3)4)14-11(18)8-5-9(16)15-10(17)6-8/h5-7H,1-4H3,(H,14,18)(H2,15,16,17)/t7-/m1/s1. The minimum Gasteiger partial charge on any atom is -0.494 e. The van der Waals surface area contributed by atoms with Crippen LogP contribution in [0.1, 0.15) is 38.1 Å². The highest BCUT2D eigenvalue weighted by Gasteiger charge is 2.23. The van der Waals surface area contributed by atoms with Crippen molar-refractivity contribution in [3.8, 4) is 5.88 Å². The van der Waals surface area contributed by atoms with Gasteiger partial charge in [0.05, 0.1) is 5.56 Å². The Hall–Kier alpha value is -2.31. The van der Waals surface area contributed by atoms with Crippen LogP contribution in [0.3, 0.4) is 0 Å². The summed E-state index contributed by atoms with van der Waals surface area (Å²) in [5, 5.41) is 11.6. The molecule has 0 aliphatic rings. The lowest BCUT2D eigenvalue weighted by atomic mass is 10.2. The Bertz CT molecular complexity index is 571. The van der Waals surface area contributed by atoms with Gasteiger partial charge < -0.3 is 15.2 Å². The van der Waals surface area contributed by atoms with E-state index in [0.29, 0.717) is 0 Å². The molecule has 0 aliphatic carbocycles. The van der Waals surface area contributed by atoms with Crippen molar-refractivity contribution in [3.63, 3.8) is 0 Å². The van der Waals surface area contributed by atoms with Crippen LogP contribution in [0.15, 0.2) is 16.9 Å². The zero-order valence-corrected chi connectivity index (χ0v) is 11.8. The van der Waals surface area contributed by atoms with Crippen molar-refractivity contribution in [3.05, 3.63) is 28.0 Å². The van der Waals surface area contributed by atoms with E-state index >= 15 is 0 Å². The lowest BCUT2D eigenvalue weighted by molar-refractivity contribution is -0.156. The van der Waals surface area contributed by atoms with Gasteiger partial charge in [0, 0.05) is 12.1 Å². The van der Waals surface area contributed by atoms with Gasteiger partial charge in [0.25, 0.3) is 11.5 Å². The van der Waals surface area contributed by atoms with E-state index in [1.807, 2.05) is 0 Å². The van der Waals surface area contributed by atoms with Crippen molar-refractivity contribution in [2.75, 3.05) is 0 Å². The van der Waals surface area contributed by atoms with Gasteiger partial charge in [-0.3, -0.25) is 14.6 Å². The van der Waals surface area contributed by atoms with Crippen LogP contribution in [0.25, 0.3) is 0 Å². The topological polar surface area (TPSA) is 108 Å². The second kappa shape index (κ2) is 5.77. The maximum absolute atomic E-state index is 11.8. The summed E-state index contributed by atoms with van der Waals surface area (Å²) in [5.74, 6) is -1.66. The normalized spacial score (nSPS) is 12.6. The number of aromatic nitrogens is 1. The molecule has 7 nitrogen and oxygen atoms in total. The lowest BCUT2D eigenvalue weighted by Gasteiger charge is -2.22. The molecule has 0 spiro atoms. The number of esters is 1. The second-order valence-corrected chi connectivity index (χ2v) is 5.35. The highest BCUT2D eigenvalue weighted by atomic mass is 16.6. The Morgan fingerprint density at radius 1 is 1.35 bits per heavy atom. The van der Waals surface area contributed by atoms with Crippen LogP contribution >= 0.6 is 0 Å². The van der Waals surface area contributed by atoms with Crippen molar-refractivity contribution in [2.45, 2.75) is 39.3 Å². The van der Waals surface area contributed by atoms with Crippen LogP contribution in [0, 0.1) is 0 Å². The molecular formula is C13H18N2O5. The second-order valence-electron chi connectivity index (χ2n) is 5.35. The average molecular weight is 282 g/mol. The molecule has 1 rings (SSSR count). The fraction of sp³-hybridized carbons (Fsp3) is 0.462. The summed E-state index contributed by atoms with van der Waals surface area (Å²) in [7, 11) is 0. The first-order valence-corrected chi connectivity index (χ1v) is 6.05. The van der Waals surface area contributed by atoms with E-state index in [4.69, 9.17) is 4.74 Å². The summed E-state index contributed by atoms with van der Waals surface area (Å²) >= 11 is 0. The Balaban J connectivity index is 2.75. The molecule has 0 aliphatic heterocycles. The molecule has 0 fully saturated rings. The molecule has 0 aromatic carbocycles. The van der Waals surface area contributed by atoms with E-state index in [1.54, 1.807) is 20.8 Å². The average Bonchev–Trinajstić information content (AvgIpc) is 2.25. The molecule has 1 aromatic heterocycles. The van der Waals surface area contributed by atoms with E-state index in [0.717, 1.165) is 12.1 Å². The number of hydrogen-bond acceptors (Lipinski definition) is 5. The van der Waals surface area contributed by atoms with Crippen LogP contribution in [-0.2, 0) is 9.53 Å². The van der Waals surface area contributed by atoms with E-state index in [1.165, 1.54) is 6.92 Å². The van der Waals surface area contributed by atoms with E-state index in [-0.39, 0.29) is 5.56 Å². The van der Waals surface area contributed by atoms with E-state index < -0.39 is 35.0 Å². The maximum atomic E-state index is 11.8. The predicted molar refractivity (Wildman–Crippen MR) is 71.5 cm³/mol. The third-order valence-electron chi connectivity index (χ3n) is 2.20. The van der Waals surface area contributed by atoms with Gasteiger partial charge in [0.15, 0.2) is 5.88 Å². The van der Waals surface area contributed by atoms with Crippen molar-refractivity contribution in [1.29, 1.82) is 0 Å². The van der Waals surface area contributed by atoms with Crippen LogP contribution in [0.2, 0.25) is 0 Å². The molecule has 0 bridgehead atoms. The molecule has 7 heteroatoms. The quantitative estimate of drug-likeness (QED) is 0.701. The fourth-order valence-corrected chi connectivity index (χ4v) is 1.39. The summed E-state index contributed by atoms with van der Waals surface area (Å²) in [6.07, 6.45) is 0. The molecule has 1 aromatic rings. The number of carbonyl (C=O) groups excluding carboxylic acids is 2. The highest BCUT2D eigenvalue weighted by molar-refractivity contribution is 5.96. The molecule has 1 amide bonds. The number of ether oxygens (including phenoxy) is 1. The number of H-pyrrole nitrogens is 1. The minimum atomic E-state index is -0.872. The van der Waals surface area contributed by atoms with Gasteiger partial charge in [0.1, 0.15) is 11.6 Å². The maximum Gasteiger partial charge on any atom is 0.328 e. The number of pyridine rings is 1. The molecule has 0 saturated heterocycles. The fourth-order valence-electron chi connectivity index (χ4n) is 1.39. The smallest absolute Gasteiger partial charge is 0.328 e. The van der Waals surface area contributed by atoms with Crippen molar-refractivity contribution >= 4 is 11.9 Å². The summed E-state index contributed by atoms with van der Waals surface area (Å²) in [4.78, 5) is 36.8. The molecule has 1 atom stereocenters. The van der Waals surface area contributed by atoms with E-state index in [9.17, 15) is 19.5 Å². The van der Waals surface area contributed by atoms with Gasteiger partial charge >= 0.3 is 5.97 Å². The molecule has 0 unspecified atom stereocenters. The zero-order valence-electron chi connectivity index (χ0n) is 11.8. The molecule has 20 heavy (non-hydrogen) atoms. The zero-order chi connectivity index (χ0) is 15.5. The number of nitrogens with one attached hydrogen (secondary N) is 2. The summed E-state index contributed by atoms with van der Waals surface area (Å²) in [5.41, 5.74) is -1.31.